The molecule has 1 aromatic carbocycles. The van der Waals surface area contributed by atoms with Crippen molar-refractivity contribution in [2.75, 3.05) is 12.4 Å². The smallest absolute Gasteiger partial charge is 0.280 e. The number of para-hydroxylation sites is 2. The van der Waals surface area contributed by atoms with Crippen LogP contribution in [0.3, 0.4) is 0 Å². The maximum atomic E-state index is 10.6. The topological polar surface area (TPSA) is 38.3 Å². The first-order valence-corrected chi connectivity index (χ1v) is 3.81. The highest BCUT2D eigenvalue weighted by Crippen LogP contribution is 2.22. The highest BCUT2D eigenvalue weighted by atomic mass is 32.1. The molecule has 0 aliphatic heterocycles. The second kappa shape index (κ2) is 4.01. The summed E-state index contributed by atoms with van der Waals surface area (Å²) in [6, 6.07) is 7.14. The number of rotatable bonds is 2. The van der Waals surface area contributed by atoms with Crippen molar-refractivity contribution in [2.24, 2.45) is 0 Å². The normalized spacial score (nSPS) is 9.17. The van der Waals surface area contributed by atoms with Crippen molar-refractivity contribution in [1.29, 1.82) is 0 Å². The number of hydrogen-bond acceptors (Lipinski definition) is 2. The molecule has 0 aromatic heterocycles. The zero-order chi connectivity index (χ0) is 8.97. The van der Waals surface area contributed by atoms with Gasteiger partial charge in [-0.25, -0.2) is 0 Å². The maximum absolute atomic E-state index is 10.6. The molecule has 1 aromatic rings. The fraction of sp³-hybridized carbons (Fsp3) is 0.125. The van der Waals surface area contributed by atoms with E-state index >= 15 is 0 Å². The van der Waals surface area contributed by atoms with Crippen LogP contribution in [-0.4, -0.2) is 12.3 Å². The fourth-order valence-electron chi connectivity index (χ4n) is 0.863. The molecule has 0 unspecified atom stereocenters. The SMILES string of the molecule is COc1ccccc1NC(=O)S. The molecule has 12 heavy (non-hydrogen) atoms. The molecule has 4 heteroatoms. The minimum Gasteiger partial charge on any atom is -0.495 e. The molecular formula is C8H9NO2S. The van der Waals surface area contributed by atoms with Gasteiger partial charge in [0.15, 0.2) is 0 Å². The summed E-state index contributed by atoms with van der Waals surface area (Å²) in [5.41, 5.74) is 0.625. The van der Waals surface area contributed by atoms with Gasteiger partial charge in [0.25, 0.3) is 5.24 Å². The van der Waals surface area contributed by atoms with Crippen molar-refractivity contribution >= 4 is 23.6 Å². The van der Waals surface area contributed by atoms with Crippen LogP contribution in [0.5, 0.6) is 5.75 Å². The van der Waals surface area contributed by atoms with Gasteiger partial charge < -0.3 is 10.1 Å². The first kappa shape index (κ1) is 8.93. The summed E-state index contributed by atoms with van der Waals surface area (Å²) in [5.74, 6) is 0.625. The van der Waals surface area contributed by atoms with Gasteiger partial charge in [0.05, 0.1) is 12.8 Å². The van der Waals surface area contributed by atoms with Crippen LogP contribution in [0.1, 0.15) is 0 Å². The molecule has 0 atom stereocenters. The first-order valence-electron chi connectivity index (χ1n) is 3.37. The van der Waals surface area contributed by atoms with Crippen molar-refractivity contribution in [1.82, 2.24) is 0 Å². The summed E-state index contributed by atoms with van der Waals surface area (Å²) < 4.78 is 5.00. The largest absolute Gasteiger partial charge is 0.495 e. The van der Waals surface area contributed by atoms with E-state index in [0.717, 1.165) is 0 Å². The summed E-state index contributed by atoms with van der Waals surface area (Å²) in [7, 11) is 1.55. The molecule has 0 radical (unpaired) electrons. The Morgan fingerprint density at radius 3 is 2.75 bits per heavy atom. The van der Waals surface area contributed by atoms with Crippen LogP contribution < -0.4 is 10.1 Å². The van der Waals surface area contributed by atoms with Gasteiger partial charge in [-0.15, -0.1) is 0 Å². The summed E-state index contributed by atoms with van der Waals surface area (Å²) in [6.07, 6.45) is 0. The highest BCUT2D eigenvalue weighted by molar-refractivity contribution is 7.96. The summed E-state index contributed by atoms with van der Waals surface area (Å²) in [4.78, 5) is 10.6. The number of carbonyl (C=O) groups excluding carboxylic acids is 1. The average molecular weight is 183 g/mol. The van der Waals surface area contributed by atoms with Crippen LogP contribution in [0, 0.1) is 0 Å². The van der Waals surface area contributed by atoms with Crippen LogP contribution in [-0.2, 0) is 0 Å². The zero-order valence-electron chi connectivity index (χ0n) is 6.57. The Kier molecular flexibility index (Phi) is 2.99. The molecule has 0 aliphatic rings. The number of hydrogen-bond donors (Lipinski definition) is 2. The zero-order valence-corrected chi connectivity index (χ0v) is 7.47. The van der Waals surface area contributed by atoms with Gasteiger partial charge in [-0.2, -0.15) is 0 Å². The van der Waals surface area contributed by atoms with Crippen LogP contribution in [0.25, 0.3) is 0 Å². The lowest BCUT2D eigenvalue weighted by atomic mass is 10.3. The molecular weight excluding hydrogens is 174 g/mol. The highest BCUT2D eigenvalue weighted by Gasteiger charge is 2.01. The van der Waals surface area contributed by atoms with E-state index in [-0.39, 0.29) is 0 Å². The second-order valence-electron chi connectivity index (χ2n) is 2.13. The Bertz CT molecular complexity index is 288. The van der Waals surface area contributed by atoms with E-state index < -0.39 is 5.24 Å². The van der Waals surface area contributed by atoms with E-state index in [2.05, 4.69) is 17.9 Å². The second-order valence-corrected chi connectivity index (χ2v) is 2.54. The minimum absolute atomic E-state index is 0.403. The van der Waals surface area contributed by atoms with Gasteiger partial charge >= 0.3 is 0 Å². The average Bonchev–Trinajstić information content (AvgIpc) is 2.04. The third-order valence-electron chi connectivity index (χ3n) is 1.35. The molecule has 0 saturated carbocycles. The van der Waals surface area contributed by atoms with Crippen LogP contribution in [0.15, 0.2) is 24.3 Å². The number of anilines is 1. The number of benzene rings is 1. The van der Waals surface area contributed by atoms with Crippen molar-refractivity contribution in [3.8, 4) is 5.75 Å². The van der Waals surface area contributed by atoms with Gasteiger partial charge in [0.1, 0.15) is 5.75 Å². The van der Waals surface area contributed by atoms with Crippen LogP contribution in [0.2, 0.25) is 0 Å². The van der Waals surface area contributed by atoms with E-state index in [1.165, 1.54) is 0 Å². The number of thiol groups is 1. The van der Waals surface area contributed by atoms with Gasteiger partial charge in [-0.1, -0.05) is 24.8 Å². The summed E-state index contributed by atoms with van der Waals surface area (Å²) >= 11 is 3.59. The minimum atomic E-state index is -0.403. The fourth-order valence-corrected chi connectivity index (χ4v) is 0.984. The Morgan fingerprint density at radius 1 is 1.50 bits per heavy atom. The van der Waals surface area contributed by atoms with Crippen molar-refractivity contribution in [3.05, 3.63) is 24.3 Å². The number of carbonyl (C=O) groups is 1. The lowest BCUT2D eigenvalue weighted by molar-refractivity contribution is 0.270. The quantitative estimate of drug-likeness (QED) is 0.689. The molecule has 1 amide bonds. The molecule has 0 spiro atoms. The van der Waals surface area contributed by atoms with E-state index in [4.69, 9.17) is 4.74 Å². The van der Waals surface area contributed by atoms with E-state index in [1.54, 1.807) is 19.2 Å². The molecule has 3 nitrogen and oxygen atoms in total. The molecule has 0 heterocycles. The summed E-state index contributed by atoms with van der Waals surface area (Å²) in [6.45, 7) is 0. The van der Waals surface area contributed by atoms with E-state index in [9.17, 15) is 4.79 Å². The molecule has 0 aliphatic carbocycles. The Labute approximate surface area is 76.1 Å². The molecule has 1 rings (SSSR count). The predicted octanol–water partition coefficient (Wildman–Crippen LogP) is 2.16. The predicted molar refractivity (Wildman–Crippen MR) is 51.0 cm³/mol. The number of nitrogens with one attached hydrogen (secondary N) is 1. The maximum Gasteiger partial charge on any atom is 0.280 e. The van der Waals surface area contributed by atoms with E-state index in [0.29, 0.717) is 11.4 Å². The third kappa shape index (κ3) is 2.17. The van der Waals surface area contributed by atoms with Gasteiger partial charge in [-0.3, -0.25) is 4.79 Å². The standard InChI is InChI=1S/C8H9NO2S/c1-11-7-5-3-2-4-6(7)9-8(10)12/h2-5H,1H3,(H2,9,10,12). The first-order chi connectivity index (χ1) is 5.74. The number of amides is 1. The molecule has 0 fully saturated rings. The van der Waals surface area contributed by atoms with Gasteiger partial charge in [0, 0.05) is 0 Å². The molecule has 64 valence electrons. The number of ether oxygens (including phenoxy) is 1. The molecule has 1 N–H and O–H groups in total. The Hall–Kier alpha value is -1.16. The lowest BCUT2D eigenvalue weighted by Crippen LogP contribution is -2.02. The van der Waals surface area contributed by atoms with E-state index in [1.807, 2.05) is 12.1 Å². The Morgan fingerprint density at radius 2 is 2.17 bits per heavy atom. The third-order valence-corrected chi connectivity index (χ3v) is 1.46. The lowest BCUT2D eigenvalue weighted by Gasteiger charge is -2.06. The van der Waals surface area contributed by atoms with Crippen molar-refractivity contribution < 1.29 is 9.53 Å². The summed E-state index contributed by atoms with van der Waals surface area (Å²) in [5, 5.41) is 2.12. The number of methoxy groups -OCH3 is 1. The van der Waals surface area contributed by atoms with Crippen LogP contribution in [0.4, 0.5) is 10.5 Å². The molecule has 0 bridgehead atoms. The van der Waals surface area contributed by atoms with Gasteiger partial charge in [0.2, 0.25) is 0 Å². The van der Waals surface area contributed by atoms with Crippen LogP contribution >= 0.6 is 12.6 Å². The van der Waals surface area contributed by atoms with Crippen molar-refractivity contribution in [3.63, 3.8) is 0 Å². The molecule has 0 saturated heterocycles. The Balaban J connectivity index is 2.89. The van der Waals surface area contributed by atoms with Crippen molar-refractivity contribution in [2.45, 2.75) is 0 Å². The monoisotopic (exact) mass is 183 g/mol. The van der Waals surface area contributed by atoms with Gasteiger partial charge in [-0.05, 0) is 12.1 Å².